The molecule has 4 rings (SSSR count). The standard InChI is InChI=1S/C24H26N2O3/c1-4-26(21-11-7-9-19-8-5-6-10-20(19)21)24(27)17(2)25(3)15-18-12-13-22-23(14-18)29-16-28-22/h5-14,17H,4,15-16H2,1-3H3. The molecule has 1 atom stereocenters. The maximum atomic E-state index is 13.4. The lowest BCUT2D eigenvalue weighted by molar-refractivity contribution is -0.122. The average molecular weight is 390 g/mol. The molecule has 0 radical (unpaired) electrons. The third-order valence-electron chi connectivity index (χ3n) is 5.53. The number of likely N-dealkylation sites (N-methyl/N-ethyl adjacent to an activating group) is 2. The van der Waals surface area contributed by atoms with E-state index >= 15 is 0 Å². The molecule has 0 N–H and O–H groups in total. The first kappa shape index (κ1) is 19.3. The number of ether oxygens (including phenoxy) is 2. The predicted octanol–water partition coefficient (Wildman–Crippen LogP) is 4.44. The molecule has 150 valence electrons. The third-order valence-corrected chi connectivity index (χ3v) is 5.53. The second-order valence-corrected chi connectivity index (χ2v) is 7.36. The molecule has 1 heterocycles. The summed E-state index contributed by atoms with van der Waals surface area (Å²) in [6.07, 6.45) is 0. The topological polar surface area (TPSA) is 42.0 Å². The number of amides is 1. The van der Waals surface area contributed by atoms with E-state index < -0.39 is 0 Å². The molecule has 1 unspecified atom stereocenters. The van der Waals surface area contributed by atoms with Gasteiger partial charge in [-0.1, -0.05) is 42.5 Å². The Balaban J connectivity index is 1.53. The van der Waals surface area contributed by atoms with E-state index in [0.29, 0.717) is 13.1 Å². The molecule has 5 nitrogen and oxygen atoms in total. The van der Waals surface area contributed by atoms with Gasteiger partial charge in [0.1, 0.15) is 0 Å². The Morgan fingerprint density at radius 2 is 1.79 bits per heavy atom. The first-order valence-electron chi connectivity index (χ1n) is 9.96. The van der Waals surface area contributed by atoms with E-state index in [9.17, 15) is 4.79 Å². The minimum absolute atomic E-state index is 0.0899. The SMILES string of the molecule is CCN(C(=O)C(C)N(C)Cc1ccc2c(c1)OCO2)c1cccc2ccccc12. The third kappa shape index (κ3) is 3.78. The van der Waals surface area contributed by atoms with Crippen LogP contribution in [0.25, 0.3) is 10.8 Å². The fourth-order valence-electron chi connectivity index (χ4n) is 3.77. The number of rotatable bonds is 6. The fraction of sp³-hybridized carbons (Fsp3) is 0.292. The highest BCUT2D eigenvalue weighted by Gasteiger charge is 2.25. The van der Waals surface area contributed by atoms with Gasteiger partial charge in [0.15, 0.2) is 11.5 Å². The Hall–Kier alpha value is -3.05. The van der Waals surface area contributed by atoms with Gasteiger partial charge >= 0.3 is 0 Å². The summed E-state index contributed by atoms with van der Waals surface area (Å²) in [5, 5.41) is 2.23. The number of nitrogens with zero attached hydrogens (tertiary/aromatic N) is 2. The first-order chi connectivity index (χ1) is 14.1. The van der Waals surface area contributed by atoms with E-state index in [-0.39, 0.29) is 18.7 Å². The number of anilines is 1. The molecule has 1 amide bonds. The summed E-state index contributed by atoms with van der Waals surface area (Å²) in [7, 11) is 1.98. The van der Waals surface area contributed by atoms with Crippen molar-refractivity contribution in [1.82, 2.24) is 4.90 Å². The van der Waals surface area contributed by atoms with Gasteiger partial charge in [0, 0.05) is 18.5 Å². The summed E-state index contributed by atoms with van der Waals surface area (Å²) in [4.78, 5) is 17.3. The lowest BCUT2D eigenvalue weighted by Crippen LogP contribution is -2.45. The highest BCUT2D eigenvalue weighted by molar-refractivity contribution is 6.05. The summed E-state index contributed by atoms with van der Waals surface area (Å²) in [5.41, 5.74) is 2.04. The normalized spacial score (nSPS) is 13.7. The van der Waals surface area contributed by atoms with Gasteiger partial charge in [-0.2, -0.15) is 0 Å². The van der Waals surface area contributed by atoms with E-state index in [2.05, 4.69) is 23.1 Å². The second kappa shape index (κ2) is 8.13. The molecule has 3 aromatic rings. The minimum Gasteiger partial charge on any atom is -0.454 e. The van der Waals surface area contributed by atoms with Crippen LogP contribution in [0.1, 0.15) is 19.4 Å². The maximum absolute atomic E-state index is 13.4. The van der Waals surface area contributed by atoms with Crippen LogP contribution in [0.3, 0.4) is 0 Å². The molecule has 0 spiro atoms. The maximum Gasteiger partial charge on any atom is 0.244 e. The van der Waals surface area contributed by atoms with Gasteiger partial charge in [-0.25, -0.2) is 0 Å². The Labute approximate surface area is 171 Å². The first-order valence-corrected chi connectivity index (χ1v) is 9.96. The summed E-state index contributed by atoms with van der Waals surface area (Å²) in [6, 6.07) is 19.9. The van der Waals surface area contributed by atoms with Gasteiger partial charge in [0.05, 0.1) is 11.7 Å². The summed E-state index contributed by atoms with van der Waals surface area (Å²) in [6.45, 7) is 5.51. The molecule has 0 fully saturated rings. The van der Waals surface area contributed by atoms with Crippen molar-refractivity contribution in [3.8, 4) is 11.5 Å². The zero-order valence-electron chi connectivity index (χ0n) is 17.1. The van der Waals surface area contributed by atoms with E-state index in [0.717, 1.165) is 33.5 Å². The van der Waals surface area contributed by atoms with E-state index in [1.54, 1.807) is 0 Å². The zero-order chi connectivity index (χ0) is 20.4. The highest BCUT2D eigenvalue weighted by atomic mass is 16.7. The van der Waals surface area contributed by atoms with Crippen LogP contribution in [0.4, 0.5) is 5.69 Å². The molecule has 0 saturated heterocycles. The van der Waals surface area contributed by atoms with Gasteiger partial charge in [0.25, 0.3) is 0 Å². The quantitative estimate of drug-likeness (QED) is 0.624. The van der Waals surface area contributed by atoms with Crippen LogP contribution >= 0.6 is 0 Å². The average Bonchev–Trinajstić information content (AvgIpc) is 3.21. The lowest BCUT2D eigenvalue weighted by Gasteiger charge is -2.30. The molecule has 3 aromatic carbocycles. The van der Waals surface area contributed by atoms with Crippen molar-refractivity contribution in [2.45, 2.75) is 26.4 Å². The Kier molecular flexibility index (Phi) is 5.41. The Morgan fingerprint density at radius 1 is 1.03 bits per heavy atom. The lowest BCUT2D eigenvalue weighted by atomic mass is 10.1. The highest BCUT2D eigenvalue weighted by Crippen LogP contribution is 2.33. The van der Waals surface area contributed by atoms with Crippen molar-refractivity contribution in [2.75, 3.05) is 25.3 Å². The van der Waals surface area contributed by atoms with Crippen LogP contribution < -0.4 is 14.4 Å². The Morgan fingerprint density at radius 3 is 2.62 bits per heavy atom. The number of carbonyl (C=O) groups excluding carboxylic acids is 1. The van der Waals surface area contributed by atoms with Crippen molar-refractivity contribution in [3.05, 3.63) is 66.2 Å². The smallest absolute Gasteiger partial charge is 0.244 e. The number of benzene rings is 3. The van der Waals surface area contributed by atoms with Gasteiger partial charge in [-0.3, -0.25) is 9.69 Å². The van der Waals surface area contributed by atoms with Crippen LogP contribution in [-0.4, -0.2) is 37.2 Å². The van der Waals surface area contributed by atoms with Gasteiger partial charge in [0.2, 0.25) is 12.7 Å². The van der Waals surface area contributed by atoms with Gasteiger partial charge in [-0.05, 0) is 50.0 Å². The monoisotopic (exact) mass is 390 g/mol. The molecule has 0 bridgehead atoms. The van der Waals surface area contributed by atoms with Crippen LogP contribution in [0.2, 0.25) is 0 Å². The number of hydrogen-bond donors (Lipinski definition) is 0. The van der Waals surface area contributed by atoms with Crippen LogP contribution in [-0.2, 0) is 11.3 Å². The number of carbonyl (C=O) groups is 1. The van der Waals surface area contributed by atoms with Crippen LogP contribution in [0.15, 0.2) is 60.7 Å². The van der Waals surface area contributed by atoms with Crippen LogP contribution in [0, 0.1) is 0 Å². The van der Waals surface area contributed by atoms with E-state index in [1.165, 1.54) is 0 Å². The molecule has 1 aliphatic rings. The molecule has 1 aliphatic heterocycles. The molecule has 0 aromatic heterocycles. The van der Waals surface area contributed by atoms with Crippen LogP contribution in [0.5, 0.6) is 11.5 Å². The van der Waals surface area contributed by atoms with Gasteiger partial charge in [-0.15, -0.1) is 0 Å². The van der Waals surface area contributed by atoms with Crippen molar-refractivity contribution in [1.29, 1.82) is 0 Å². The van der Waals surface area contributed by atoms with Crippen molar-refractivity contribution < 1.29 is 14.3 Å². The number of hydrogen-bond acceptors (Lipinski definition) is 4. The van der Waals surface area contributed by atoms with E-state index in [1.807, 2.05) is 68.3 Å². The fourth-order valence-corrected chi connectivity index (χ4v) is 3.77. The van der Waals surface area contributed by atoms with Crippen molar-refractivity contribution >= 4 is 22.4 Å². The predicted molar refractivity (Wildman–Crippen MR) is 115 cm³/mol. The largest absolute Gasteiger partial charge is 0.454 e. The zero-order valence-corrected chi connectivity index (χ0v) is 17.1. The molecule has 0 aliphatic carbocycles. The van der Waals surface area contributed by atoms with Gasteiger partial charge < -0.3 is 14.4 Å². The van der Waals surface area contributed by atoms with E-state index in [4.69, 9.17) is 9.47 Å². The summed E-state index contributed by atoms with van der Waals surface area (Å²) in [5.74, 6) is 1.63. The van der Waals surface area contributed by atoms with Crippen molar-refractivity contribution in [2.24, 2.45) is 0 Å². The Bertz CT molecular complexity index is 1030. The number of fused-ring (bicyclic) bond motifs is 2. The second-order valence-electron chi connectivity index (χ2n) is 7.36. The summed E-state index contributed by atoms with van der Waals surface area (Å²) < 4.78 is 10.8. The molecule has 5 heteroatoms. The molecular weight excluding hydrogens is 364 g/mol. The van der Waals surface area contributed by atoms with Crippen molar-refractivity contribution in [3.63, 3.8) is 0 Å². The molecule has 29 heavy (non-hydrogen) atoms. The minimum atomic E-state index is -0.264. The molecule has 0 saturated carbocycles. The molecular formula is C24H26N2O3. The summed E-state index contributed by atoms with van der Waals surface area (Å²) >= 11 is 0.